The van der Waals surface area contributed by atoms with Gasteiger partial charge in [0.05, 0.1) is 0 Å². The van der Waals surface area contributed by atoms with Crippen molar-refractivity contribution in [1.29, 1.82) is 0 Å². The molecule has 0 atom stereocenters. The molecule has 1 aliphatic rings. The highest BCUT2D eigenvalue weighted by atomic mass is 16.3. The molecule has 0 spiro atoms. The van der Waals surface area contributed by atoms with E-state index in [9.17, 15) is 0 Å². The van der Waals surface area contributed by atoms with Crippen LogP contribution in [0.2, 0.25) is 0 Å². The lowest BCUT2D eigenvalue weighted by atomic mass is 9.85. The molecule has 1 aliphatic carbocycles. The first-order valence-corrected chi connectivity index (χ1v) is 15.1. The molecule has 0 saturated heterocycles. The fourth-order valence-corrected chi connectivity index (χ4v) is 7.17. The average Bonchev–Trinajstić information content (AvgIpc) is 3.45. The Morgan fingerprint density at radius 3 is 1.74 bits per heavy atom. The first-order valence-electron chi connectivity index (χ1n) is 15.1. The maximum Gasteiger partial charge on any atom is 0.135 e. The number of furan rings is 1. The maximum absolute atomic E-state index is 6.16. The Balaban J connectivity index is 1.26. The number of aryl methyl sites for hydroxylation is 1. The molecule has 0 aliphatic heterocycles. The molecule has 8 aromatic rings. The van der Waals surface area contributed by atoms with Crippen LogP contribution in [0.3, 0.4) is 0 Å². The van der Waals surface area contributed by atoms with Crippen LogP contribution in [-0.2, 0) is 6.42 Å². The smallest absolute Gasteiger partial charge is 0.135 e. The van der Waals surface area contributed by atoms with E-state index in [1.165, 1.54) is 66.1 Å². The van der Waals surface area contributed by atoms with E-state index in [2.05, 4.69) is 133 Å². The van der Waals surface area contributed by atoms with Crippen molar-refractivity contribution >= 4 is 49.6 Å². The number of para-hydroxylation sites is 1. The number of hydrogen-bond donors (Lipinski definition) is 0. The van der Waals surface area contributed by atoms with Crippen LogP contribution in [0.4, 0.5) is 0 Å². The van der Waals surface area contributed by atoms with Crippen LogP contribution in [0.25, 0.3) is 82.9 Å². The van der Waals surface area contributed by atoms with Gasteiger partial charge in [0, 0.05) is 10.8 Å². The van der Waals surface area contributed by atoms with Crippen molar-refractivity contribution < 1.29 is 4.42 Å². The molecule has 0 amide bonds. The Morgan fingerprint density at radius 1 is 0.442 bits per heavy atom. The third-order valence-electron chi connectivity index (χ3n) is 9.14. The highest BCUT2D eigenvalue weighted by Crippen LogP contribution is 2.45. The maximum atomic E-state index is 6.16. The molecular formula is C42H28O. The van der Waals surface area contributed by atoms with Crippen LogP contribution in [0.1, 0.15) is 17.5 Å². The van der Waals surface area contributed by atoms with Gasteiger partial charge in [-0.05, 0) is 97.1 Å². The Kier molecular flexibility index (Phi) is 5.39. The van der Waals surface area contributed by atoms with Crippen molar-refractivity contribution in [3.63, 3.8) is 0 Å². The molecule has 1 heteroatoms. The predicted octanol–water partition coefficient (Wildman–Crippen LogP) is 11.9. The summed E-state index contributed by atoms with van der Waals surface area (Å²) in [6.45, 7) is 0. The minimum atomic E-state index is 0.922. The van der Waals surface area contributed by atoms with Gasteiger partial charge in [-0.25, -0.2) is 0 Å². The third kappa shape index (κ3) is 3.78. The van der Waals surface area contributed by atoms with Crippen LogP contribution in [-0.4, -0.2) is 0 Å². The van der Waals surface area contributed by atoms with E-state index in [1.54, 1.807) is 0 Å². The molecule has 1 heterocycles. The standard InChI is InChI=1S/C42H28O/c1-2-12-31-27(10-1)11-9-18-32(31)28-20-22-29(23-21-28)41-34-14-3-5-16-36(34)42(37-17-6-4-15-35(37)41)30-24-25-40-38(26-30)33-13-7-8-19-39(33)43-40/h2-9,11-26H,1,10H2. The van der Waals surface area contributed by atoms with E-state index in [0.717, 1.165) is 34.8 Å². The van der Waals surface area contributed by atoms with Gasteiger partial charge < -0.3 is 4.42 Å². The van der Waals surface area contributed by atoms with Gasteiger partial charge in [0.25, 0.3) is 0 Å². The summed E-state index contributed by atoms with van der Waals surface area (Å²) in [5.41, 5.74) is 12.2. The minimum absolute atomic E-state index is 0.922. The molecule has 0 unspecified atom stereocenters. The van der Waals surface area contributed by atoms with Crippen molar-refractivity contribution in [2.24, 2.45) is 0 Å². The van der Waals surface area contributed by atoms with E-state index in [-0.39, 0.29) is 0 Å². The Hall–Kier alpha value is -5.40. The van der Waals surface area contributed by atoms with Gasteiger partial charge in [-0.3, -0.25) is 0 Å². The van der Waals surface area contributed by atoms with Gasteiger partial charge in [0.1, 0.15) is 11.2 Å². The summed E-state index contributed by atoms with van der Waals surface area (Å²) in [6.07, 6.45) is 6.84. The molecule has 1 aromatic heterocycles. The van der Waals surface area contributed by atoms with E-state index in [1.807, 2.05) is 12.1 Å². The van der Waals surface area contributed by atoms with Crippen LogP contribution in [0.15, 0.2) is 144 Å². The lowest BCUT2D eigenvalue weighted by Crippen LogP contribution is -1.96. The third-order valence-corrected chi connectivity index (χ3v) is 9.14. The molecular weight excluding hydrogens is 520 g/mol. The molecule has 0 bridgehead atoms. The summed E-state index contributed by atoms with van der Waals surface area (Å²) in [5.74, 6) is 0. The van der Waals surface area contributed by atoms with Gasteiger partial charge in [-0.1, -0.05) is 127 Å². The van der Waals surface area contributed by atoms with Crippen molar-refractivity contribution in [3.8, 4) is 33.4 Å². The van der Waals surface area contributed by atoms with Gasteiger partial charge in [-0.2, -0.15) is 0 Å². The van der Waals surface area contributed by atoms with Gasteiger partial charge in [0.15, 0.2) is 0 Å². The van der Waals surface area contributed by atoms with Crippen molar-refractivity contribution in [1.82, 2.24) is 0 Å². The van der Waals surface area contributed by atoms with Crippen LogP contribution in [0, 0.1) is 0 Å². The summed E-state index contributed by atoms with van der Waals surface area (Å²) in [5, 5.41) is 7.35. The second-order valence-corrected chi connectivity index (χ2v) is 11.5. The Bertz CT molecular complexity index is 2330. The zero-order chi connectivity index (χ0) is 28.3. The normalized spacial score (nSPS) is 12.8. The van der Waals surface area contributed by atoms with E-state index >= 15 is 0 Å². The molecule has 0 N–H and O–H groups in total. The summed E-state index contributed by atoms with van der Waals surface area (Å²) >= 11 is 0. The number of hydrogen-bond acceptors (Lipinski definition) is 1. The lowest BCUT2D eigenvalue weighted by Gasteiger charge is -2.18. The van der Waals surface area contributed by atoms with Crippen LogP contribution in [0.5, 0.6) is 0 Å². The molecule has 0 fully saturated rings. The summed E-state index contributed by atoms with van der Waals surface area (Å²) in [7, 11) is 0. The topological polar surface area (TPSA) is 13.1 Å². The Labute approximate surface area is 250 Å². The van der Waals surface area contributed by atoms with Crippen LogP contribution >= 0.6 is 0 Å². The van der Waals surface area contributed by atoms with E-state index in [4.69, 9.17) is 4.42 Å². The Morgan fingerprint density at radius 2 is 1.02 bits per heavy atom. The summed E-state index contributed by atoms with van der Waals surface area (Å²) in [4.78, 5) is 0. The predicted molar refractivity (Wildman–Crippen MR) is 182 cm³/mol. The molecule has 7 aromatic carbocycles. The monoisotopic (exact) mass is 548 g/mol. The van der Waals surface area contributed by atoms with Crippen molar-refractivity contribution in [3.05, 3.63) is 151 Å². The molecule has 1 nitrogen and oxygen atoms in total. The average molecular weight is 549 g/mol. The lowest BCUT2D eigenvalue weighted by molar-refractivity contribution is 0.669. The quantitative estimate of drug-likeness (QED) is 0.200. The van der Waals surface area contributed by atoms with Crippen molar-refractivity contribution in [2.45, 2.75) is 12.8 Å². The van der Waals surface area contributed by atoms with E-state index in [0.29, 0.717) is 0 Å². The number of allylic oxidation sites excluding steroid dienone is 1. The SMILES string of the molecule is C1=Cc2c(cccc2-c2ccc(-c3c4ccccc4c(-c4ccc5oc6ccccc6c5c4)c4ccccc34)cc2)CC1. The summed E-state index contributed by atoms with van der Waals surface area (Å²) in [6, 6.07) is 48.6. The minimum Gasteiger partial charge on any atom is -0.456 e. The second kappa shape index (κ2) is 9.58. The first kappa shape index (κ1) is 24.2. The zero-order valence-electron chi connectivity index (χ0n) is 23.7. The highest BCUT2D eigenvalue weighted by molar-refractivity contribution is 6.22. The molecule has 0 radical (unpaired) electrons. The number of fused-ring (bicyclic) bond motifs is 6. The molecule has 43 heavy (non-hydrogen) atoms. The van der Waals surface area contributed by atoms with Gasteiger partial charge in [0.2, 0.25) is 0 Å². The highest BCUT2D eigenvalue weighted by Gasteiger charge is 2.18. The van der Waals surface area contributed by atoms with E-state index < -0.39 is 0 Å². The molecule has 9 rings (SSSR count). The van der Waals surface area contributed by atoms with Crippen molar-refractivity contribution in [2.75, 3.05) is 0 Å². The molecule has 202 valence electrons. The molecule has 0 saturated carbocycles. The number of benzene rings is 7. The van der Waals surface area contributed by atoms with Gasteiger partial charge in [-0.15, -0.1) is 0 Å². The first-order chi connectivity index (χ1) is 21.3. The van der Waals surface area contributed by atoms with Gasteiger partial charge >= 0.3 is 0 Å². The fraction of sp³-hybridized carbons (Fsp3) is 0.0476. The summed E-state index contributed by atoms with van der Waals surface area (Å²) < 4.78 is 6.16. The largest absolute Gasteiger partial charge is 0.456 e. The fourth-order valence-electron chi connectivity index (χ4n) is 7.17. The zero-order valence-corrected chi connectivity index (χ0v) is 23.7. The second-order valence-electron chi connectivity index (χ2n) is 11.5. The number of rotatable bonds is 3. The van der Waals surface area contributed by atoms with Crippen LogP contribution < -0.4 is 0 Å².